The van der Waals surface area contributed by atoms with Crippen LogP contribution in [0, 0.1) is 0 Å². The van der Waals surface area contributed by atoms with Crippen molar-refractivity contribution in [1.29, 1.82) is 0 Å². The van der Waals surface area contributed by atoms with E-state index in [1.807, 2.05) is 0 Å². The second kappa shape index (κ2) is 5.27. The van der Waals surface area contributed by atoms with E-state index in [2.05, 4.69) is 50.2 Å². The Kier molecular flexibility index (Phi) is 4.09. The lowest BCUT2D eigenvalue weighted by atomic mass is 9.98. The Hall–Kier alpha value is -0.450. The molecule has 0 radical (unpaired) electrons. The van der Waals surface area contributed by atoms with Gasteiger partial charge in [-0.25, -0.2) is 4.98 Å². The first kappa shape index (κ1) is 14.0. The lowest BCUT2D eigenvalue weighted by Crippen LogP contribution is -2.53. The van der Waals surface area contributed by atoms with E-state index in [9.17, 15) is 0 Å². The summed E-state index contributed by atoms with van der Waals surface area (Å²) in [4.78, 5) is 7.32. The molecule has 0 amide bonds. The summed E-state index contributed by atoms with van der Waals surface area (Å²) in [5.41, 5.74) is 1.40. The van der Waals surface area contributed by atoms with Gasteiger partial charge in [0.1, 0.15) is 0 Å². The van der Waals surface area contributed by atoms with Gasteiger partial charge in [0.25, 0.3) is 0 Å². The standard InChI is InChI=1S/C14H25N3S/c1-10-7-17(11(2)6-15-10)8-12-9-18-13(16-12)14(3,4)5/h9-11,15H,6-8H2,1-5H3. The van der Waals surface area contributed by atoms with Crippen LogP contribution in [0.2, 0.25) is 0 Å². The topological polar surface area (TPSA) is 28.2 Å². The van der Waals surface area contributed by atoms with E-state index in [4.69, 9.17) is 4.98 Å². The fourth-order valence-electron chi connectivity index (χ4n) is 2.25. The Bertz CT molecular complexity index is 394. The first-order valence-electron chi connectivity index (χ1n) is 6.78. The highest BCUT2D eigenvalue weighted by atomic mass is 32.1. The van der Waals surface area contributed by atoms with Gasteiger partial charge in [0, 0.05) is 42.5 Å². The van der Waals surface area contributed by atoms with Gasteiger partial charge in [0.05, 0.1) is 10.7 Å². The summed E-state index contributed by atoms with van der Waals surface area (Å²) in [5, 5.41) is 6.98. The lowest BCUT2D eigenvalue weighted by Gasteiger charge is -2.37. The molecule has 102 valence electrons. The van der Waals surface area contributed by atoms with Crippen molar-refractivity contribution in [1.82, 2.24) is 15.2 Å². The maximum Gasteiger partial charge on any atom is 0.0982 e. The molecule has 1 aromatic heterocycles. The van der Waals surface area contributed by atoms with Crippen LogP contribution < -0.4 is 5.32 Å². The van der Waals surface area contributed by atoms with Gasteiger partial charge in [0.2, 0.25) is 0 Å². The normalized spacial score (nSPS) is 26.5. The molecule has 0 aliphatic carbocycles. The van der Waals surface area contributed by atoms with Crippen molar-refractivity contribution in [3.63, 3.8) is 0 Å². The molecule has 3 nitrogen and oxygen atoms in total. The summed E-state index contributed by atoms with van der Waals surface area (Å²) >= 11 is 1.79. The molecule has 2 unspecified atom stereocenters. The number of hydrogen-bond donors (Lipinski definition) is 1. The fourth-order valence-corrected chi connectivity index (χ4v) is 3.15. The Morgan fingerprint density at radius 3 is 2.78 bits per heavy atom. The largest absolute Gasteiger partial charge is 0.311 e. The minimum absolute atomic E-state index is 0.172. The number of aromatic nitrogens is 1. The van der Waals surface area contributed by atoms with Crippen LogP contribution in [0.5, 0.6) is 0 Å². The average Bonchev–Trinajstić information content (AvgIpc) is 2.71. The Morgan fingerprint density at radius 2 is 2.17 bits per heavy atom. The fraction of sp³-hybridized carbons (Fsp3) is 0.786. The highest BCUT2D eigenvalue weighted by molar-refractivity contribution is 7.09. The van der Waals surface area contributed by atoms with E-state index in [1.54, 1.807) is 11.3 Å². The monoisotopic (exact) mass is 267 g/mol. The number of rotatable bonds is 2. The summed E-state index contributed by atoms with van der Waals surface area (Å²) in [6.45, 7) is 14.4. The van der Waals surface area contributed by atoms with Crippen LogP contribution >= 0.6 is 11.3 Å². The maximum atomic E-state index is 4.79. The molecular weight excluding hydrogens is 242 g/mol. The van der Waals surface area contributed by atoms with Crippen LogP contribution in [-0.4, -0.2) is 35.1 Å². The molecule has 0 spiro atoms. The molecule has 4 heteroatoms. The third kappa shape index (κ3) is 3.31. The van der Waals surface area contributed by atoms with Gasteiger partial charge in [-0.1, -0.05) is 20.8 Å². The van der Waals surface area contributed by atoms with Crippen LogP contribution in [0.25, 0.3) is 0 Å². The molecule has 1 aliphatic rings. The quantitative estimate of drug-likeness (QED) is 0.893. The molecule has 2 atom stereocenters. The van der Waals surface area contributed by atoms with E-state index in [-0.39, 0.29) is 5.41 Å². The molecule has 18 heavy (non-hydrogen) atoms. The number of nitrogens with zero attached hydrogens (tertiary/aromatic N) is 2. The van der Waals surface area contributed by atoms with Crippen LogP contribution in [-0.2, 0) is 12.0 Å². The van der Waals surface area contributed by atoms with E-state index < -0.39 is 0 Å². The average molecular weight is 267 g/mol. The number of piperazine rings is 1. The predicted octanol–water partition coefficient (Wildman–Crippen LogP) is 2.62. The van der Waals surface area contributed by atoms with Crippen molar-refractivity contribution in [3.8, 4) is 0 Å². The van der Waals surface area contributed by atoms with E-state index in [1.165, 1.54) is 10.7 Å². The highest BCUT2D eigenvalue weighted by Gasteiger charge is 2.24. The van der Waals surface area contributed by atoms with Gasteiger partial charge in [-0.2, -0.15) is 0 Å². The van der Waals surface area contributed by atoms with Crippen LogP contribution in [0.1, 0.15) is 45.3 Å². The van der Waals surface area contributed by atoms with E-state index in [0.29, 0.717) is 12.1 Å². The third-order valence-electron chi connectivity index (χ3n) is 3.45. The summed E-state index contributed by atoms with van der Waals surface area (Å²) in [5.74, 6) is 0. The first-order chi connectivity index (χ1) is 8.36. The molecule has 1 aliphatic heterocycles. The minimum Gasteiger partial charge on any atom is -0.311 e. The first-order valence-corrected chi connectivity index (χ1v) is 7.66. The molecule has 1 aromatic rings. The second-order valence-electron chi connectivity index (χ2n) is 6.48. The zero-order chi connectivity index (χ0) is 13.3. The molecule has 1 fully saturated rings. The third-order valence-corrected chi connectivity index (χ3v) is 4.77. The second-order valence-corrected chi connectivity index (χ2v) is 7.34. The number of nitrogens with one attached hydrogen (secondary N) is 1. The van der Waals surface area contributed by atoms with Crippen LogP contribution in [0.15, 0.2) is 5.38 Å². The molecule has 0 aromatic carbocycles. The molecule has 0 bridgehead atoms. The SMILES string of the molecule is CC1CN(Cc2csc(C(C)(C)C)n2)C(C)CN1. The molecular formula is C14H25N3S. The molecule has 1 N–H and O–H groups in total. The van der Waals surface area contributed by atoms with Gasteiger partial charge >= 0.3 is 0 Å². The summed E-state index contributed by atoms with van der Waals surface area (Å²) in [6.07, 6.45) is 0. The molecule has 1 saturated heterocycles. The van der Waals surface area contributed by atoms with E-state index >= 15 is 0 Å². The zero-order valence-corrected chi connectivity index (χ0v) is 13.0. The smallest absolute Gasteiger partial charge is 0.0982 e. The van der Waals surface area contributed by atoms with Crippen molar-refractivity contribution in [2.75, 3.05) is 13.1 Å². The van der Waals surface area contributed by atoms with Crippen molar-refractivity contribution >= 4 is 11.3 Å². The Morgan fingerprint density at radius 1 is 1.44 bits per heavy atom. The predicted molar refractivity (Wildman–Crippen MR) is 78.2 cm³/mol. The van der Waals surface area contributed by atoms with Crippen LogP contribution in [0.3, 0.4) is 0 Å². The number of hydrogen-bond acceptors (Lipinski definition) is 4. The van der Waals surface area contributed by atoms with Crippen LogP contribution in [0.4, 0.5) is 0 Å². The van der Waals surface area contributed by atoms with Gasteiger partial charge < -0.3 is 5.32 Å². The molecule has 2 heterocycles. The minimum atomic E-state index is 0.172. The van der Waals surface area contributed by atoms with Gasteiger partial charge in [-0.3, -0.25) is 4.90 Å². The maximum absolute atomic E-state index is 4.79. The summed E-state index contributed by atoms with van der Waals surface area (Å²) in [7, 11) is 0. The van der Waals surface area contributed by atoms with Gasteiger partial charge in [-0.05, 0) is 13.8 Å². The van der Waals surface area contributed by atoms with Gasteiger partial charge in [0.15, 0.2) is 0 Å². The van der Waals surface area contributed by atoms with Gasteiger partial charge in [-0.15, -0.1) is 11.3 Å². The van der Waals surface area contributed by atoms with Crippen molar-refractivity contribution in [2.45, 2.75) is 58.7 Å². The Labute approximate surface area is 115 Å². The lowest BCUT2D eigenvalue weighted by molar-refractivity contribution is 0.137. The van der Waals surface area contributed by atoms with Crippen molar-refractivity contribution in [2.24, 2.45) is 0 Å². The number of thiazole rings is 1. The molecule has 0 saturated carbocycles. The van der Waals surface area contributed by atoms with E-state index in [0.717, 1.165) is 19.6 Å². The Balaban J connectivity index is 2.02. The van der Waals surface area contributed by atoms with Crippen molar-refractivity contribution in [3.05, 3.63) is 16.1 Å². The summed E-state index contributed by atoms with van der Waals surface area (Å²) < 4.78 is 0. The summed E-state index contributed by atoms with van der Waals surface area (Å²) in [6, 6.07) is 1.18. The molecule has 2 rings (SSSR count). The highest BCUT2D eigenvalue weighted by Crippen LogP contribution is 2.26. The zero-order valence-electron chi connectivity index (χ0n) is 12.2. The van der Waals surface area contributed by atoms with Crippen molar-refractivity contribution < 1.29 is 0 Å².